The molecule has 0 bridgehead atoms. The second-order valence-corrected chi connectivity index (χ2v) is 5.44. The number of carbonyl (C=O) groups excluding carboxylic acids is 1. The van der Waals surface area contributed by atoms with Crippen LogP contribution in [-0.4, -0.2) is 40.6 Å². The number of hydrogen-bond donors (Lipinski definition) is 2. The number of aromatic nitrogens is 1. The van der Waals surface area contributed by atoms with E-state index in [0.717, 1.165) is 31.4 Å². The molecule has 20 heavy (non-hydrogen) atoms. The van der Waals surface area contributed by atoms with Crippen LogP contribution in [0.4, 0.5) is 5.82 Å². The van der Waals surface area contributed by atoms with E-state index in [-0.39, 0.29) is 12.5 Å². The van der Waals surface area contributed by atoms with Crippen molar-refractivity contribution in [2.75, 3.05) is 25.4 Å². The number of hydrogen-bond acceptors (Lipinski definition) is 4. The summed E-state index contributed by atoms with van der Waals surface area (Å²) in [7, 11) is 0. The lowest BCUT2D eigenvalue weighted by Gasteiger charge is -2.31. The summed E-state index contributed by atoms with van der Waals surface area (Å²) >= 11 is 0. The fraction of sp³-hybridized carbons (Fsp3) is 0.600. The van der Waals surface area contributed by atoms with Crippen LogP contribution in [0.25, 0.3) is 0 Å². The van der Waals surface area contributed by atoms with Crippen molar-refractivity contribution < 1.29 is 9.90 Å². The standard InChI is InChI=1S/C15H23N3O2/c1-2-3-13-8-12(9-14(16)17-13)15(20)18-6-4-11(10-19)5-7-18/h8-9,11,19H,2-7,10H2,1H3,(H2,16,17). The molecule has 0 radical (unpaired) electrons. The Morgan fingerprint density at radius 1 is 1.45 bits per heavy atom. The Morgan fingerprint density at radius 3 is 2.75 bits per heavy atom. The van der Waals surface area contributed by atoms with E-state index < -0.39 is 0 Å². The molecule has 1 saturated heterocycles. The van der Waals surface area contributed by atoms with Gasteiger partial charge in [-0.05, 0) is 37.3 Å². The monoisotopic (exact) mass is 277 g/mol. The minimum Gasteiger partial charge on any atom is -0.396 e. The number of nitrogens with two attached hydrogens (primary N) is 1. The maximum atomic E-state index is 12.5. The highest BCUT2D eigenvalue weighted by Gasteiger charge is 2.23. The van der Waals surface area contributed by atoms with Crippen LogP contribution in [-0.2, 0) is 6.42 Å². The number of aliphatic hydroxyl groups excluding tert-OH is 1. The predicted octanol–water partition coefficient (Wildman–Crippen LogP) is 1.46. The quantitative estimate of drug-likeness (QED) is 0.873. The van der Waals surface area contributed by atoms with Crippen molar-refractivity contribution in [3.63, 3.8) is 0 Å². The third-order valence-electron chi connectivity index (χ3n) is 3.81. The van der Waals surface area contributed by atoms with E-state index in [9.17, 15) is 4.79 Å². The minimum atomic E-state index is 0.0212. The number of carbonyl (C=O) groups is 1. The first-order chi connectivity index (χ1) is 9.63. The number of aliphatic hydroxyl groups is 1. The van der Waals surface area contributed by atoms with E-state index in [2.05, 4.69) is 11.9 Å². The third kappa shape index (κ3) is 3.48. The molecule has 2 rings (SSSR count). The maximum absolute atomic E-state index is 12.5. The average Bonchev–Trinajstić information content (AvgIpc) is 2.46. The number of aryl methyl sites for hydroxylation is 1. The second-order valence-electron chi connectivity index (χ2n) is 5.44. The number of rotatable bonds is 4. The fourth-order valence-corrected chi connectivity index (χ4v) is 2.62. The molecule has 0 aliphatic carbocycles. The normalized spacial score (nSPS) is 16.4. The summed E-state index contributed by atoms with van der Waals surface area (Å²) in [5.41, 5.74) is 7.29. The van der Waals surface area contributed by atoms with Crippen LogP contribution in [0.15, 0.2) is 12.1 Å². The number of amides is 1. The summed E-state index contributed by atoms with van der Waals surface area (Å²) in [6, 6.07) is 3.50. The first kappa shape index (κ1) is 14.8. The summed E-state index contributed by atoms with van der Waals surface area (Å²) in [5.74, 6) is 0.759. The van der Waals surface area contributed by atoms with Crippen molar-refractivity contribution in [1.82, 2.24) is 9.88 Å². The van der Waals surface area contributed by atoms with Crippen molar-refractivity contribution in [3.8, 4) is 0 Å². The van der Waals surface area contributed by atoms with E-state index in [1.165, 1.54) is 0 Å². The van der Waals surface area contributed by atoms with Gasteiger partial charge in [0.1, 0.15) is 5.82 Å². The van der Waals surface area contributed by atoms with Gasteiger partial charge in [0.05, 0.1) is 0 Å². The molecule has 0 aromatic carbocycles. The van der Waals surface area contributed by atoms with Crippen LogP contribution in [0.2, 0.25) is 0 Å². The Labute approximate surface area is 119 Å². The van der Waals surface area contributed by atoms with Gasteiger partial charge in [0.2, 0.25) is 0 Å². The van der Waals surface area contributed by atoms with Gasteiger partial charge in [-0.15, -0.1) is 0 Å². The van der Waals surface area contributed by atoms with Gasteiger partial charge in [-0.1, -0.05) is 13.3 Å². The van der Waals surface area contributed by atoms with E-state index in [1.54, 1.807) is 6.07 Å². The molecule has 3 N–H and O–H groups in total. The van der Waals surface area contributed by atoms with E-state index >= 15 is 0 Å². The molecular weight excluding hydrogens is 254 g/mol. The summed E-state index contributed by atoms with van der Waals surface area (Å²) in [5, 5.41) is 9.14. The first-order valence-corrected chi connectivity index (χ1v) is 7.30. The Hall–Kier alpha value is -1.62. The maximum Gasteiger partial charge on any atom is 0.254 e. The molecule has 1 aromatic heterocycles. The minimum absolute atomic E-state index is 0.0212. The molecule has 1 amide bonds. The molecule has 1 fully saturated rings. The van der Waals surface area contributed by atoms with Gasteiger partial charge in [-0.25, -0.2) is 4.98 Å². The molecule has 5 nitrogen and oxygen atoms in total. The number of likely N-dealkylation sites (tertiary alicyclic amines) is 1. The van der Waals surface area contributed by atoms with Gasteiger partial charge in [-0.3, -0.25) is 4.79 Å². The Balaban J connectivity index is 2.09. The molecule has 1 aliphatic heterocycles. The lowest BCUT2D eigenvalue weighted by atomic mass is 9.97. The van der Waals surface area contributed by atoms with Crippen LogP contribution in [0.3, 0.4) is 0 Å². The highest BCUT2D eigenvalue weighted by Crippen LogP contribution is 2.19. The van der Waals surface area contributed by atoms with Crippen LogP contribution >= 0.6 is 0 Å². The van der Waals surface area contributed by atoms with Crippen molar-refractivity contribution in [3.05, 3.63) is 23.4 Å². The molecule has 0 unspecified atom stereocenters. The van der Waals surface area contributed by atoms with Crippen LogP contribution in [0, 0.1) is 5.92 Å². The van der Waals surface area contributed by atoms with Crippen molar-refractivity contribution >= 4 is 11.7 Å². The number of nitrogens with zero attached hydrogens (tertiary/aromatic N) is 2. The molecule has 2 heterocycles. The Bertz CT molecular complexity index is 468. The third-order valence-corrected chi connectivity index (χ3v) is 3.81. The van der Waals surface area contributed by atoms with Gasteiger partial charge in [-0.2, -0.15) is 0 Å². The van der Waals surface area contributed by atoms with E-state index in [0.29, 0.717) is 30.4 Å². The Morgan fingerprint density at radius 2 is 2.15 bits per heavy atom. The fourth-order valence-electron chi connectivity index (χ4n) is 2.62. The summed E-state index contributed by atoms with van der Waals surface area (Å²) in [6.07, 6.45) is 3.54. The molecule has 110 valence electrons. The van der Waals surface area contributed by atoms with Crippen molar-refractivity contribution in [2.24, 2.45) is 5.92 Å². The molecule has 5 heteroatoms. The predicted molar refractivity (Wildman–Crippen MR) is 78.4 cm³/mol. The SMILES string of the molecule is CCCc1cc(C(=O)N2CCC(CO)CC2)cc(N)n1. The molecule has 0 saturated carbocycles. The zero-order valence-corrected chi connectivity index (χ0v) is 12.0. The number of piperidine rings is 1. The molecule has 1 aromatic rings. The molecule has 0 atom stereocenters. The van der Waals surface area contributed by atoms with Crippen LogP contribution in [0.5, 0.6) is 0 Å². The van der Waals surface area contributed by atoms with E-state index in [4.69, 9.17) is 10.8 Å². The smallest absolute Gasteiger partial charge is 0.254 e. The van der Waals surface area contributed by atoms with Gasteiger partial charge >= 0.3 is 0 Å². The molecular formula is C15H23N3O2. The first-order valence-electron chi connectivity index (χ1n) is 7.30. The van der Waals surface area contributed by atoms with Crippen molar-refractivity contribution in [2.45, 2.75) is 32.6 Å². The summed E-state index contributed by atoms with van der Waals surface area (Å²) in [6.45, 7) is 3.70. The van der Waals surface area contributed by atoms with Gasteiger partial charge < -0.3 is 15.7 Å². The zero-order chi connectivity index (χ0) is 14.5. The number of anilines is 1. The van der Waals surface area contributed by atoms with Crippen molar-refractivity contribution in [1.29, 1.82) is 0 Å². The zero-order valence-electron chi connectivity index (χ0n) is 12.0. The summed E-state index contributed by atoms with van der Waals surface area (Å²) < 4.78 is 0. The van der Waals surface area contributed by atoms with E-state index in [1.807, 2.05) is 11.0 Å². The van der Waals surface area contributed by atoms with Gasteiger partial charge in [0.15, 0.2) is 0 Å². The lowest BCUT2D eigenvalue weighted by molar-refractivity contribution is 0.0650. The van der Waals surface area contributed by atoms with Crippen LogP contribution < -0.4 is 5.73 Å². The summed E-state index contributed by atoms with van der Waals surface area (Å²) in [4.78, 5) is 18.6. The molecule has 1 aliphatic rings. The van der Waals surface area contributed by atoms with Crippen LogP contribution in [0.1, 0.15) is 42.2 Å². The largest absolute Gasteiger partial charge is 0.396 e. The average molecular weight is 277 g/mol. The van der Waals surface area contributed by atoms with Gasteiger partial charge in [0, 0.05) is 31.0 Å². The molecule has 0 spiro atoms. The second kappa shape index (κ2) is 6.70. The van der Waals surface area contributed by atoms with Gasteiger partial charge in [0.25, 0.3) is 5.91 Å². The highest BCUT2D eigenvalue weighted by atomic mass is 16.3. The number of nitrogen functional groups attached to an aromatic ring is 1. The topological polar surface area (TPSA) is 79.5 Å². The number of pyridine rings is 1. The lowest BCUT2D eigenvalue weighted by Crippen LogP contribution is -2.39. The highest BCUT2D eigenvalue weighted by molar-refractivity contribution is 5.95. The Kier molecular flexibility index (Phi) is 4.95.